The van der Waals surface area contributed by atoms with E-state index in [1.165, 1.54) is 11.8 Å². The third-order valence-corrected chi connectivity index (χ3v) is 8.28. The molecule has 2 heterocycles. The molecular weight excluding hydrogens is 588 g/mol. The number of hydrogen-bond acceptors (Lipinski definition) is 6. The summed E-state index contributed by atoms with van der Waals surface area (Å²) in [5.41, 5.74) is 5.70. The van der Waals surface area contributed by atoms with Crippen molar-refractivity contribution in [1.29, 1.82) is 0 Å². The van der Waals surface area contributed by atoms with Crippen LogP contribution in [0.3, 0.4) is 0 Å². The number of rotatable bonds is 8. The predicted molar refractivity (Wildman–Crippen MR) is 160 cm³/mol. The fourth-order valence-corrected chi connectivity index (χ4v) is 5.52. The largest absolute Gasteiger partial charge is 0.345 e. The van der Waals surface area contributed by atoms with Crippen molar-refractivity contribution in [2.45, 2.75) is 38.0 Å². The van der Waals surface area contributed by atoms with Crippen molar-refractivity contribution in [3.05, 3.63) is 111 Å². The van der Waals surface area contributed by atoms with E-state index in [2.05, 4.69) is 55.7 Å². The van der Waals surface area contributed by atoms with E-state index in [9.17, 15) is 9.59 Å². The Morgan fingerprint density at radius 1 is 1.00 bits per heavy atom. The molecule has 0 fully saturated rings. The number of hydrazone groups is 1. The SMILES string of the molecule is Cc1ccc([C@H]2CC(c3ccc(Br)cc3)=NN2C(=O)CSc2nnc(CNC(=O)c3cccc(C)c3)n2C)cc1. The van der Waals surface area contributed by atoms with Gasteiger partial charge >= 0.3 is 0 Å². The summed E-state index contributed by atoms with van der Waals surface area (Å²) in [5.74, 6) is 0.470. The first-order valence-electron chi connectivity index (χ1n) is 12.9. The Labute approximate surface area is 246 Å². The summed E-state index contributed by atoms with van der Waals surface area (Å²) in [6, 6.07) is 23.5. The number of aryl methyl sites for hydroxylation is 2. The van der Waals surface area contributed by atoms with E-state index >= 15 is 0 Å². The predicted octanol–water partition coefficient (Wildman–Crippen LogP) is 5.59. The van der Waals surface area contributed by atoms with Crippen LogP contribution < -0.4 is 5.32 Å². The van der Waals surface area contributed by atoms with Crippen molar-refractivity contribution in [2.24, 2.45) is 12.1 Å². The summed E-state index contributed by atoms with van der Waals surface area (Å²) >= 11 is 4.79. The fraction of sp³-hybridized carbons (Fsp3) is 0.233. The topological polar surface area (TPSA) is 92.5 Å². The van der Waals surface area contributed by atoms with Crippen LogP contribution in [-0.2, 0) is 18.4 Å². The van der Waals surface area contributed by atoms with Crippen molar-refractivity contribution in [3.8, 4) is 0 Å². The highest BCUT2D eigenvalue weighted by Crippen LogP contribution is 2.34. The summed E-state index contributed by atoms with van der Waals surface area (Å²) < 4.78 is 2.79. The Hall–Kier alpha value is -3.76. The minimum Gasteiger partial charge on any atom is -0.345 e. The number of halogens is 1. The summed E-state index contributed by atoms with van der Waals surface area (Å²) in [6.45, 7) is 4.22. The zero-order chi connectivity index (χ0) is 28.2. The number of hydrogen-bond donors (Lipinski definition) is 1. The highest BCUT2D eigenvalue weighted by molar-refractivity contribution is 9.10. The van der Waals surface area contributed by atoms with Crippen LogP contribution in [0.4, 0.5) is 0 Å². The van der Waals surface area contributed by atoms with Gasteiger partial charge in [-0.1, -0.05) is 87.3 Å². The van der Waals surface area contributed by atoms with Crippen molar-refractivity contribution in [3.63, 3.8) is 0 Å². The van der Waals surface area contributed by atoms with Gasteiger partial charge in [-0.15, -0.1) is 10.2 Å². The summed E-state index contributed by atoms with van der Waals surface area (Å²) in [5, 5.41) is 18.3. The number of benzene rings is 3. The van der Waals surface area contributed by atoms with Gasteiger partial charge in [0.2, 0.25) is 0 Å². The third-order valence-electron chi connectivity index (χ3n) is 6.74. The van der Waals surface area contributed by atoms with Gasteiger partial charge in [-0.3, -0.25) is 9.59 Å². The molecule has 4 aromatic rings. The first kappa shape index (κ1) is 27.8. The van der Waals surface area contributed by atoms with Crippen LogP contribution in [0.2, 0.25) is 0 Å². The average Bonchev–Trinajstić information content (AvgIpc) is 3.55. The van der Waals surface area contributed by atoms with E-state index in [1.807, 2.05) is 63.4 Å². The lowest BCUT2D eigenvalue weighted by atomic mass is 9.98. The first-order valence-corrected chi connectivity index (χ1v) is 14.6. The number of nitrogens with one attached hydrogen (secondary N) is 1. The van der Waals surface area contributed by atoms with Crippen LogP contribution in [0.25, 0.3) is 0 Å². The maximum atomic E-state index is 13.5. The number of amides is 2. The lowest BCUT2D eigenvalue weighted by molar-refractivity contribution is -0.130. The molecule has 1 aromatic heterocycles. The molecule has 1 aliphatic heterocycles. The van der Waals surface area contributed by atoms with Crippen LogP contribution >= 0.6 is 27.7 Å². The molecule has 3 aromatic carbocycles. The highest BCUT2D eigenvalue weighted by atomic mass is 79.9. The summed E-state index contributed by atoms with van der Waals surface area (Å²) in [7, 11) is 1.83. The van der Waals surface area contributed by atoms with E-state index in [0.29, 0.717) is 23.0 Å². The second kappa shape index (κ2) is 12.2. The molecule has 0 saturated heterocycles. The van der Waals surface area contributed by atoms with E-state index in [0.717, 1.165) is 32.4 Å². The quantitative estimate of drug-likeness (QED) is 0.260. The standard InChI is InChI=1S/C30H29BrN6O2S/c1-19-7-9-22(10-8-19)26-16-25(21-11-13-24(31)14-12-21)35-37(26)28(38)18-40-30-34-33-27(36(30)3)17-32-29(39)23-6-4-5-20(2)15-23/h4-15,26H,16-18H2,1-3H3,(H,32,39)/t26-/m1/s1. The number of carbonyl (C=O) groups is 2. The third kappa shape index (κ3) is 6.34. The number of nitrogens with zero attached hydrogens (tertiary/aromatic N) is 5. The lowest BCUT2D eigenvalue weighted by Crippen LogP contribution is -2.28. The van der Waals surface area contributed by atoms with E-state index in [4.69, 9.17) is 5.10 Å². The molecule has 0 spiro atoms. The molecule has 40 heavy (non-hydrogen) atoms. The Morgan fingerprint density at radius 2 is 1.75 bits per heavy atom. The van der Waals surface area contributed by atoms with Gasteiger partial charge in [0.05, 0.1) is 24.1 Å². The van der Waals surface area contributed by atoms with Crippen molar-refractivity contribution < 1.29 is 9.59 Å². The Balaban J connectivity index is 1.27. The minimum atomic E-state index is -0.181. The van der Waals surface area contributed by atoms with Gasteiger partial charge in [0.1, 0.15) is 0 Å². The van der Waals surface area contributed by atoms with Crippen molar-refractivity contribution >= 4 is 45.2 Å². The molecule has 204 valence electrons. The molecule has 1 atom stereocenters. The number of carbonyl (C=O) groups excluding carboxylic acids is 2. The Bertz CT molecular complexity index is 1570. The zero-order valence-electron chi connectivity index (χ0n) is 22.5. The maximum Gasteiger partial charge on any atom is 0.253 e. The second-order valence-electron chi connectivity index (χ2n) is 9.72. The van der Waals surface area contributed by atoms with Gasteiger partial charge in [-0.25, -0.2) is 5.01 Å². The zero-order valence-corrected chi connectivity index (χ0v) is 24.9. The fourth-order valence-electron chi connectivity index (χ4n) is 4.47. The molecular formula is C30H29BrN6O2S. The van der Waals surface area contributed by atoms with E-state index in [1.54, 1.807) is 15.6 Å². The van der Waals surface area contributed by atoms with Gasteiger partial charge < -0.3 is 9.88 Å². The Morgan fingerprint density at radius 3 is 2.48 bits per heavy atom. The smallest absolute Gasteiger partial charge is 0.253 e. The molecule has 0 radical (unpaired) electrons. The van der Waals surface area contributed by atoms with Crippen LogP contribution in [0.5, 0.6) is 0 Å². The van der Waals surface area contributed by atoms with Gasteiger partial charge in [-0.05, 0) is 49.2 Å². The van der Waals surface area contributed by atoms with Crippen molar-refractivity contribution in [1.82, 2.24) is 25.1 Å². The maximum absolute atomic E-state index is 13.5. The molecule has 2 amide bonds. The van der Waals surface area contributed by atoms with Crippen LogP contribution in [-0.4, -0.2) is 43.1 Å². The van der Waals surface area contributed by atoms with Crippen LogP contribution in [0, 0.1) is 13.8 Å². The minimum absolute atomic E-state index is 0.111. The van der Waals surface area contributed by atoms with Gasteiger partial charge in [0.25, 0.3) is 11.8 Å². The molecule has 0 bridgehead atoms. The molecule has 8 nitrogen and oxygen atoms in total. The molecule has 0 unspecified atom stereocenters. The van der Waals surface area contributed by atoms with Gasteiger partial charge in [0.15, 0.2) is 11.0 Å². The number of aromatic nitrogens is 3. The summed E-state index contributed by atoms with van der Waals surface area (Å²) in [4.78, 5) is 26.0. The normalized spacial score (nSPS) is 14.8. The van der Waals surface area contributed by atoms with Gasteiger partial charge in [-0.2, -0.15) is 5.10 Å². The number of thioether (sulfide) groups is 1. The monoisotopic (exact) mass is 616 g/mol. The van der Waals surface area contributed by atoms with E-state index < -0.39 is 0 Å². The van der Waals surface area contributed by atoms with Crippen LogP contribution in [0.15, 0.2) is 87.5 Å². The van der Waals surface area contributed by atoms with E-state index in [-0.39, 0.29) is 30.2 Å². The lowest BCUT2D eigenvalue weighted by Gasteiger charge is -2.22. The Kier molecular flexibility index (Phi) is 8.46. The molecule has 0 aliphatic carbocycles. The molecule has 1 aliphatic rings. The second-order valence-corrected chi connectivity index (χ2v) is 11.6. The summed E-state index contributed by atoms with van der Waals surface area (Å²) in [6.07, 6.45) is 0.635. The van der Waals surface area contributed by atoms with Crippen LogP contribution in [0.1, 0.15) is 50.9 Å². The van der Waals surface area contributed by atoms with Crippen molar-refractivity contribution in [2.75, 3.05) is 5.75 Å². The highest BCUT2D eigenvalue weighted by Gasteiger charge is 2.33. The molecule has 10 heteroatoms. The molecule has 0 saturated carbocycles. The average molecular weight is 618 g/mol. The van der Waals surface area contributed by atoms with Gasteiger partial charge in [0, 0.05) is 23.5 Å². The molecule has 1 N–H and O–H groups in total. The first-order chi connectivity index (χ1) is 19.3. The molecule has 5 rings (SSSR count).